The van der Waals surface area contributed by atoms with Crippen molar-refractivity contribution in [2.75, 3.05) is 33.4 Å². The average Bonchev–Trinajstić information content (AvgIpc) is 2.49. The van der Waals surface area contributed by atoms with Gasteiger partial charge in [-0.3, -0.25) is 4.90 Å². The van der Waals surface area contributed by atoms with Crippen molar-refractivity contribution >= 4 is 15.9 Å². The Balaban J connectivity index is 1.82. The minimum Gasteiger partial charge on any atom is -0.491 e. The smallest absolute Gasteiger partial charge is 0.491 e. The minimum atomic E-state index is -4.71. The molecule has 130 valence electrons. The Morgan fingerprint density at radius 3 is 2.57 bits per heavy atom. The van der Waals surface area contributed by atoms with Crippen molar-refractivity contribution in [1.82, 2.24) is 4.90 Å². The zero-order valence-corrected chi connectivity index (χ0v) is 14.3. The van der Waals surface area contributed by atoms with E-state index in [9.17, 15) is 13.2 Å². The molecule has 2 rings (SSSR count). The van der Waals surface area contributed by atoms with Crippen LogP contribution in [0.4, 0.5) is 13.2 Å². The molecule has 0 radical (unpaired) electrons. The fourth-order valence-electron chi connectivity index (χ4n) is 2.44. The second kappa shape index (κ2) is 8.21. The predicted octanol–water partition coefficient (Wildman–Crippen LogP) is 3.84. The normalized spacial score (nSPS) is 17.3. The second-order valence-electron chi connectivity index (χ2n) is 5.27. The molecule has 1 heterocycles. The first-order chi connectivity index (χ1) is 10.9. The van der Waals surface area contributed by atoms with E-state index in [1.165, 1.54) is 18.2 Å². The van der Waals surface area contributed by atoms with Crippen molar-refractivity contribution in [3.05, 3.63) is 22.7 Å². The molecule has 4 nitrogen and oxygen atoms in total. The van der Waals surface area contributed by atoms with Gasteiger partial charge in [-0.1, -0.05) is 0 Å². The molecule has 0 unspecified atom stereocenters. The lowest BCUT2D eigenvalue weighted by Crippen LogP contribution is -2.38. The maximum atomic E-state index is 12.2. The molecule has 1 aromatic rings. The summed E-state index contributed by atoms with van der Waals surface area (Å²) in [5, 5.41) is 0. The van der Waals surface area contributed by atoms with E-state index in [1.54, 1.807) is 7.11 Å². The minimum absolute atomic E-state index is 0.295. The summed E-state index contributed by atoms with van der Waals surface area (Å²) in [7, 11) is 1.72. The SMILES string of the molecule is COC1CCN(CCOc2cc(OC(F)(F)F)ccc2Br)CC1. The number of methoxy groups -OCH3 is 1. The molecule has 0 spiro atoms. The Labute approximate surface area is 141 Å². The van der Waals surface area contributed by atoms with Gasteiger partial charge in [0.25, 0.3) is 0 Å². The van der Waals surface area contributed by atoms with Gasteiger partial charge in [0.2, 0.25) is 0 Å². The van der Waals surface area contributed by atoms with Crippen molar-refractivity contribution in [1.29, 1.82) is 0 Å². The highest BCUT2D eigenvalue weighted by Gasteiger charge is 2.31. The molecule has 0 aliphatic carbocycles. The molecule has 0 saturated carbocycles. The first-order valence-corrected chi connectivity index (χ1v) is 8.10. The van der Waals surface area contributed by atoms with Crippen LogP contribution in [-0.2, 0) is 4.74 Å². The van der Waals surface area contributed by atoms with E-state index >= 15 is 0 Å². The standard InChI is InChI=1S/C15H19BrF3NO3/c1-21-11-4-6-20(7-5-11)8-9-22-14-10-12(2-3-13(14)16)23-15(17,18)19/h2-3,10-11H,4-9H2,1H3. The van der Waals surface area contributed by atoms with Gasteiger partial charge >= 0.3 is 6.36 Å². The lowest BCUT2D eigenvalue weighted by Gasteiger charge is -2.30. The zero-order chi connectivity index (χ0) is 16.9. The van der Waals surface area contributed by atoms with E-state index in [-0.39, 0.29) is 5.75 Å². The molecule has 1 aliphatic heterocycles. The van der Waals surface area contributed by atoms with Crippen LogP contribution in [0.15, 0.2) is 22.7 Å². The van der Waals surface area contributed by atoms with E-state index in [0.717, 1.165) is 25.9 Å². The molecule has 0 amide bonds. The predicted molar refractivity (Wildman–Crippen MR) is 82.8 cm³/mol. The monoisotopic (exact) mass is 397 g/mol. The number of alkyl halides is 3. The number of nitrogens with zero attached hydrogens (tertiary/aromatic N) is 1. The third-order valence-corrected chi connectivity index (χ3v) is 4.32. The topological polar surface area (TPSA) is 30.9 Å². The highest BCUT2D eigenvalue weighted by Crippen LogP contribution is 2.32. The lowest BCUT2D eigenvalue weighted by molar-refractivity contribution is -0.274. The fourth-order valence-corrected chi connectivity index (χ4v) is 2.81. The number of piperidine rings is 1. The van der Waals surface area contributed by atoms with Gasteiger partial charge in [-0.15, -0.1) is 13.2 Å². The van der Waals surface area contributed by atoms with Gasteiger partial charge in [0.1, 0.15) is 18.1 Å². The van der Waals surface area contributed by atoms with Crippen LogP contribution in [0.1, 0.15) is 12.8 Å². The van der Waals surface area contributed by atoms with Crippen LogP contribution in [0, 0.1) is 0 Å². The Kier molecular flexibility index (Phi) is 6.55. The summed E-state index contributed by atoms with van der Waals surface area (Å²) in [6.07, 6.45) is -2.43. The second-order valence-corrected chi connectivity index (χ2v) is 6.12. The molecule has 1 aliphatic rings. The van der Waals surface area contributed by atoms with Gasteiger partial charge in [-0.05, 0) is 40.9 Å². The van der Waals surface area contributed by atoms with Crippen LogP contribution < -0.4 is 9.47 Å². The summed E-state index contributed by atoms with van der Waals surface area (Å²) in [6.45, 7) is 2.97. The maximum Gasteiger partial charge on any atom is 0.573 e. The highest BCUT2D eigenvalue weighted by molar-refractivity contribution is 9.10. The summed E-state index contributed by atoms with van der Waals surface area (Å²) in [5.41, 5.74) is 0. The van der Waals surface area contributed by atoms with Crippen molar-refractivity contribution < 1.29 is 27.4 Å². The van der Waals surface area contributed by atoms with E-state index < -0.39 is 6.36 Å². The van der Waals surface area contributed by atoms with Crippen LogP contribution >= 0.6 is 15.9 Å². The molecular weight excluding hydrogens is 379 g/mol. The average molecular weight is 398 g/mol. The summed E-state index contributed by atoms with van der Waals surface area (Å²) in [6, 6.07) is 3.94. The molecule has 8 heteroatoms. The van der Waals surface area contributed by atoms with Crippen LogP contribution in [0.2, 0.25) is 0 Å². The van der Waals surface area contributed by atoms with Crippen molar-refractivity contribution in [2.45, 2.75) is 25.3 Å². The van der Waals surface area contributed by atoms with Gasteiger partial charge in [-0.2, -0.15) is 0 Å². The van der Waals surface area contributed by atoms with E-state index in [0.29, 0.717) is 29.5 Å². The first-order valence-electron chi connectivity index (χ1n) is 7.30. The van der Waals surface area contributed by atoms with E-state index in [1.807, 2.05) is 0 Å². The van der Waals surface area contributed by atoms with Gasteiger partial charge < -0.3 is 14.2 Å². The number of likely N-dealkylation sites (tertiary alicyclic amines) is 1. The largest absolute Gasteiger partial charge is 0.573 e. The third-order valence-electron chi connectivity index (χ3n) is 3.67. The number of hydrogen-bond donors (Lipinski definition) is 0. The highest BCUT2D eigenvalue weighted by atomic mass is 79.9. The molecule has 0 aromatic heterocycles. The van der Waals surface area contributed by atoms with Gasteiger partial charge in [0.15, 0.2) is 0 Å². The van der Waals surface area contributed by atoms with E-state index in [4.69, 9.17) is 9.47 Å². The molecular formula is C15H19BrF3NO3. The Bertz CT molecular complexity index is 505. The van der Waals surface area contributed by atoms with Crippen LogP contribution in [0.5, 0.6) is 11.5 Å². The molecule has 1 aromatic carbocycles. The fraction of sp³-hybridized carbons (Fsp3) is 0.600. The van der Waals surface area contributed by atoms with Gasteiger partial charge in [0, 0.05) is 32.8 Å². The summed E-state index contributed by atoms with van der Waals surface area (Å²) in [4.78, 5) is 2.25. The van der Waals surface area contributed by atoms with Crippen LogP contribution in [0.3, 0.4) is 0 Å². The first kappa shape index (κ1) is 18.4. The molecule has 1 fully saturated rings. The molecule has 0 atom stereocenters. The van der Waals surface area contributed by atoms with Gasteiger partial charge in [-0.25, -0.2) is 0 Å². The number of hydrogen-bond acceptors (Lipinski definition) is 4. The van der Waals surface area contributed by atoms with Crippen LogP contribution in [-0.4, -0.2) is 50.7 Å². The Hall–Kier alpha value is -0.990. The lowest BCUT2D eigenvalue weighted by atomic mass is 10.1. The van der Waals surface area contributed by atoms with Crippen molar-refractivity contribution in [3.63, 3.8) is 0 Å². The summed E-state index contributed by atoms with van der Waals surface area (Å²) in [5.74, 6) is 0.0372. The number of benzene rings is 1. The number of halogens is 4. The van der Waals surface area contributed by atoms with E-state index in [2.05, 4.69) is 25.6 Å². The Morgan fingerprint density at radius 1 is 1.26 bits per heavy atom. The van der Waals surface area contributed by atoms with Crippen molar-refractivity contribution in [3.8, 4) is 11.5 Å². The molecule has 0 bridgehead atoms. The molecule has 1 saturated heterocycles. The van der Waals surface area contributed by atoms with Crippen molar-refractivity contribution in [2.24, 2.45) is 0 Å². The Morgan fingerprint density at radius 2 is 1.96 bits per heavy atom. The summed E-state index contributed by atoms with van der Waals surface area (Å²) >= 11 is 3.26. The molecule has 0 N–H and O–H groups in total. The summed E-state index contributed by atoms with van der Waals surface area (Å²) < 4.78 is 52.1. The quantitative estimate of drug-likeness (QED) is 0.729. The molecule has 23 heavy (non-hydrogen) atoms. The third kappa shape index (κ3) is 6.19. The van der Waals surface area contributed by atoms with Crippen LogP contribution in [0.25, 0.3) is 0 Å². The zero-order valence-electron chi connectivity index (χ0n) is 12.7. The number of ether oxygens (including phenoxy) is 3. The maximum absolute atomic E-state index is 12.2. The number of rotatable bonds is 6. The van der Waals surface area contributed by atoms with Gasteiger partial charge in [0.05, 0.1) is 10.6 Å².